The average Bonchev–Trinajstić information content (AvgIpc) is 3.70. The Kier molecular flexibility index (Phi) is 11.0. The van der Waals surface area contributed by atoms with Gasteiger partial charge in [-0.1, -0.05) is 17.7 Å². The first kappa shape index (κ1) is 39.3. The number of fused-ring (bicyclic) bond motifs is 3. The Bertz CT molecular complexity index is 2160. The third kappa shape index (κ3) is 7.74. The molecule has 0 radical (unpaired) electrons. The SMILES string of the molecule is N#Cc1ccc(OCC2CCC3CCC2N3C(=O)c2ccc(N3CCN(CC4CCN(c5ccc6c(c5)C(=O)N(C5CCC(=O)NC5=O)C6O)CC4)CC3)cc2)cc1Cl. The summed E-state index contributed by atoms with van der Waals surface area (Å²) in [5.74, 6) is 0.284. The number of carbonyl (C=O) groups is 4. The smallest absolute Gasteiger partial charge is 0.257 e. The second kappa shape index (κ2) is 16.5. The molecule has 5 unspecified atom stereocenters. The lowest BCUT2D eigenvalue weighted by Gasteiger charge is -2.40. The van der Waals surface area contributed by atoms with Crippen molar-refractivity contribution >= 4 is 46.6 Å². The van der Waals surface area contributed by atoms with Crippen molar-refractivity contribution in [1.29, 1.82) is 5.26 Å². The van der Waals surface area contributed by atoms with Gasteiger partial charge in [0.1, 0.15) is 17.9 Å². The summed E-state index contributed by atoms with van der Waals surface area (Å²) in [7, 11) is 0. The molecule has 0 aromatic heterocycles. The van der Waals surface area contributed by atoms with E-state index >= 15 is 0 Å². The van der Waals surface area contributed by atoms with Crippen molar-refractivity contribution in [2.45, 2.75) is 75.7 Å². The number of nitrogens with zero attached hydrogens (tertiary/aromatic N) is 6. The van der Waals surface area contributed by atoms with E-state index in [-0.39, 0.29) is 48.6 Å². The standard InChI is InChI=1S/C45H50ClN7O6/c46-38-24-35(10-4-30(38)25-47)59-27-31-3-7-33-9-12-39(31)52(33)43(56)29-1-5-32(6-2-29)51-21-19-49(20-22-51)26-28-15-17-50(18-16-28)34-8-11-36-37(23-34)45(58)53(44(36)57)40-13-14-41(54)48-42(40)55/h1-2,4-6,8,10-11,23-24,28,31,33,39-40,44,57H,3,7,9,12-22,26-27H2,(H,48,54,55). The molecule has 2 N–H and O–H groups in total. The van der Waals surface area contributed by atoms with E-state index in [0.717, 1.165) is 101 Å². The Morgan fingerprint density at radius 1 is 0.847 bits per heavy atom. The molecule has 4 amide bonds. The number of benzene rings is 3. The molecule has 0 spiro atoms. The minimum absolute atomic E-state index is 0.103. The number of piperazine rings is 1. The normalized spacial score (nSPS) is 26.2. The molecular formula is C45H50ClN7O6. The van der Waals surface area contributed by atoms with Gasteiger partial charge in [0, 0.05) is 104 Å². The first-order valence-corrected chi connectivity index (χ1v) is 21.5. The van der Waals surface area contributed by atoms with Gasteiger partial charge in [0.25, 0.3) is 11.8 Å². The summed E-state index contributed by atoms with van der Waals surface area (Å²) in [6.07, 6.45) is 5.22. The number of anilines is 2. The minimum Gasteiger partial charge on any atom is -0.493 e. The highest BCUT2D eigenvalue weighted by Gasteiger charge is 2.46. The van der Waals surface area contributed by atoms with Crippen LogP contribution < -0.4 is 19.9 Å². The van der Waals surface area contributed by atoms with E-state index in [0.29, 0.717) is 40.0 Å². The number of ether oxygens (including phenoxy) is 1. The number of amides is 4. The lowest BCUT2D eigenvalue weighted by molar-refractivity contribution is -0.139. The van der Waals surface area contributed by atoms with E-state index in [9.17, 15) is 29.5 Å². The van der Waals surface area contributed by atoms with Gasteiger partial charge in [0.15, 0.2) is 6.23 Å². The van der Waals surface area contributed by atoms with Crippen LogP contribution >= 0.6 is 11.6 Å². The van der Waals surface area contributed by atoms with E-state index in [4.69, 9.17) is 16.3 Å². The van der Waals surface area contributed by atoms with Crippen molar-refractivity contribution in [2.24, 2.45) is 11.8 Å². The molecule has 0 aliphatic carbocycles. The molecule has 14 heteroatoms. The van der Waals surface area contributed by atoms with Crippen LogP contribution in [0.25, 0.3) is 0 Å². The lowest BCUT2D eigenvalue weighted by atomic mass is 9.90. The number of nitrogens with one attached hydrogen (secondary N) is 1. The Morgan fingerprint density at radius 3 is 2.31 bits per heavy atom. The fraction of sp³-hybridized carbons (Fsp3) is 0.489. The number of halogens is 1. The number of rotatable bonds is 9. The number of aliphatic hydroxyl groups excluding tert-OH is 1. The summed E-state index contributed by atoms with van der Waals surface area (Å²) in [6.45, 7) is 7.14. The highest BCUT2D eigenvalue weighted by molar-refractivity contribution is 6.31. The van der Waals surface area contributed by atoms with Gasteiger partial charge >= 0.3 is 0 Å². The molecule has 5 fully saturated rings. The molecule has 2 bridgehead atoms. The molecule has 6 heterocycles. The lowest BCUT2D eigenvalue weighted by Crippen LogP contribution is -2.53. The molecule has 3 aromatic carbocycles. The molecule has 6 aliphatic rings. The maximum atomic E-state index is 13.9. The first-order chi connectivity index (χ1) is 28.6. The van der Waals surface area contributed by atoms with E-state index < -0.39 is 18.2 Å². The van der Waals surface area contributed by atoms with Gasteiger partial charge in [-0.05, 0) is 99.4 Å². The highest BCUT2D eigenvalue weighted by atomic mass is 35.5. The van der Waals surface area contributed by atoms with Crippen molar-refractivity contribution in [3.63, 3.8) is 0 Å². The predicted octanol–water partition coefficient (Wildman–Crippen LogP) is 4.96. The summed E-state index contributed by atoms with van der Waals surface area (Å²) in [4.78, 5) is 62.1. The first-order valence-electron chi connectivity index (χ1n) is 21.1. The molecule has 3 aromatic rings. The fourth-order valence-electron chi connectivity index (χ4n) is 10.3. The average molecular weight is 820 g/mol. The predicted molar refractivity (Wildman–Crippen MR) is 221 cm³/mol. The summed E-state index contributed by atoms with van der Waals surface area (Å²) >= 11 is 6.22. The molecule has 13 nitrogen and oxygen atoms in total. The summed E-state index contributed by atoms with van der Waals surface area (Å²) in [5.41, 5.74) is 4.15. The number of nitriles is 1. The molecule has 59 heavy (non-hydrogen) atoms. The largest absolute Gasteiger partial charge is 0.493 e. The van der Waals surface area contributed by atoms with Gasteiger partial charge in [0.2, 0.25) is 11.8 Å². The second-order valence-corrected chi connectivity index (χ2v) is 17.4. The number of hydrogen-bond acceptors (Lipinski definition) is 10. The van der Waals surface area contributed by atoms with Crippen LogP contribution in [0.4, 0.5) is 11.4 Å². The molecule has 5 saturated heterocycles. The van der Waals surface area contributed by atoms with Crippen molar-refractivity contribution in [1.82, 2.24) is 20.0 Å². The molecule has 9 rings (SSSR count). The zero-order chi connectivity index (χ0) is 40.8. The van der Waals surface area contributed by atoms with Gasteiger partial charge in [-0.25, -0.2) is 0 Å². The maximum Gasteiger partial charge on any atom is 0.257 e. The highest BCUT2D eigenvalue weighted by Crippen LogP contribution is 2.41. The molecule has 6 aliphatic heterocycles. The zero-order valence-electron chi connectivity index (χ0n) is 33.1. The number of hydrogen-bond donors (Lipinski definition) is 2. The van der Waals surface area contributed by atoms with E-state index in [1.807, 2.05) is 24.3 Å². The monoisotopic (exact) mass is 819 g/mol. The van der Waals surface area contributed by atoms with Crippen LogP contribution in [0, 0.1) is 23.2 Å². The summed E-state index contributed by atoms with van der Waals surface area (Å²) < 4.78 is 6.13. The zero-order valence-corrected chi connectivity index (χ0v) is 33.9. The van der Waals surface area contributed by atoms with Gasteiger partial charge in [-0.3, -0.25) is 34.3 Å². The van der Waals surface area contributed by atoms with Crippen LogP contribution in [-0.2, 0) is 9.59 Å². The van der Waals surface area contributed by atoms with Crippen molar-refractivity contribution in [3.05, 3.63) is 87.9 Å². The summed E-state index contributed by atoms with van der Waals surface area (Å²) in [5, 5.41) is 22.8. The van der Waals surface area contributed by atoms with Crippen molar-refractivity contribution < 1.29 is 29.0 Å². The molecule has 5 atom stereocenters. The second-order valence-electron chi connectivity index (χ2n) is 17.0. The number of imide groups is 1. The number of piperidine rings is 3. The Hall–Kier alpha value is -5.16. The topological polar surface area (TPSA) is 150 Å². The molecular weight excluding hydrogens is 770 g/mol. The van der Waals surface area contributed by atoms with Crippen LogP contribution in [0.15, 0.2) is 60.7 Å². The van der Waals surface area contributed by atoms with Crippen LogP contribution in [0.3, 0.4) is 0 Å². The molecule has 308 valence electrons. The van der Waals surface area contributed by atoms with Crippen LogP contribution in [-0.4, -0.2) is 114 Å². The van der Waals surface area contributed by atoms with Gasteiger partial charge < -0.3 is 24.5 Å². The quantitative estimate of drug-likeness (QED) is 0.284. The van der Waals surface area contributed by atoms with Gasteiger partial charge in [0.05, 0.1) is 17.2 Å². The van der Waals surface area contributed by atoms with Crippen LogP contribution in [0.2, 0.25) is 5.02 Å². The van der Waals surface area contributed by atoms with Gasteiger partial charge in [-0.15, -0.1) is 0 Å². The Morgan fingerprint density at radius 2 is 1.58 bits per heavy atom. The number of aliphatic hydroxyl groups is 1. The molecule has 0 saturated carbocycles. The number of carbonyl (C=O) groups excluding carboxylic acids is 4. The van der Waals surface area contributed by atoms with E-state index in [2.05, 4.69) is 43.1 Å². The van der Waals surface area contributed by atoms with Crippen molar-refractivity contribution in [2.75, 3.05) is 62.2 Å². The summed E-state index contributed by atoms with van der Waals surface area (Å²) in [6, 6.07) is 20.5. The maximum absolute atomic E-state index is 13.9. The van der Waals surface area contributed by atoms with Crippen LogP contribution in [0.1, 0.15) is 89.4 Å². The third-order valence-electron chi connectivity index (χ3n) is 13.7. The van der Waals surface area contributed by atoms with Crippen LogP contribution in [0.5, 0.6) is 5.75 Å². The minimum atomic E-state index is -1.21. The van der Waals surface area contributed by atoms with Gasteiger partial charge in [-0.2, -0.15) is 5.26 Å². The van der Waals surface area contributed by atoms with Crippen molar-refractivity contribution in [3.8, 4) is 11.8 Å². The van der Waals surface area contributed by atoms with E-state index in [1.54, 1.807) is 24.3 Å². The Labute approximate surface area is 349 Å². The third-order valence-corrected chi connectivity index (χ3v) is 14.0. The van der Waals surface area contributed by atoms with E-state index in [1.165, 1.54) is 4.90 Å². The fourth-order valence-corrected chi connectivity index (χ4v) is 10.6. The Balaban J connectivity index is 0.735.